The molecule has 0 saturated heterocycles. The van der Waals surface area contributed by atoms with E-state index in [1.807, 2.05) is 37.3 Å². The van der Waals surface area contributed by atoms with E-state index in [0.717, 1.165) is 41.9 Å². The lowest BCUT2D eigenvalue weighted by atomic mass is 10.2. The highest BCUT2D eigenvalue weighted by atomic mass is 16.5. The molecule has 4 heteroatoms. The second-order valence-corrected chi connectivity index (χ2v) is 5.50. The normalized spacial score (nSPS) is 10.6. The van der Waals surface area contributed by atoms with Crippen molar-refractivity contribution in [2.45, 2.75) is 19.8 Å². The van der Waals surface area contributed by atoms with Crippen LogP contribution in [0.4, 0.5) is 0 Å². The van der Waals surface area contributed by atoms with Gasteiger partial charge in [-0.1, -0.05) is 18.2 Å². The Morgan fingerprint density at radius 3 is 2.20 bits per heavy atom. The quantitative estimate of drug-likeness (QED) is 0.461. The summed E-state index contributed by atoms with van der Waals surface area (Å²) in [5.74, 6) is 2.26. The van der Waals surface area contributed by atoms with Crippen LogP contribution in [0.2, 0.25) is 0 Å². The van der Waals surface area contributed by atoms with Gasteiger partial charge in [0, 0.05) is 5.56 Å². The highest BCUT2D eigenvalue weighted by Crippen LogP contribution is 2.28. The van der Waals surface area contributed by atoms with Crippen molar-refractivity contribution in [3.05, 3.63) is 59.7 Å². The lowest BCUT2D eigenvalue weighted by molar-refractivity contribution is 0.112. The molecule has 2 rings (SSSR count). The lowest BCUT2D eigenvalue weighted by Crippen LogP contribution is -2.03. The van der Waals surface area contributed by atoms with Gasteiger partial charge in [0.15, 0.2) is 11.5 Å². The minimum Gasteiger partial charge on any atom is -0.494 e. The average Bonchev–Trinajstić information content (AvgIpc) is 2.66. The largest absolute Gasteiger partial charge is 0.494 e. The molecular weight excluding hydrogens is 316 g/mol. The van der Waals surface area contributed by atoms with E-state index in [4.69, 9.17) is 14.2 Å². The Hall–Kier alpha value is -2.75. The number of allylic oxidation sites excluding steroid dienone is 1. The third-order valence-electron chi connectivity index (χ3n) is 3.63. The Balaban J connectivity index is 1.71. The number of hydrogen-bond donors (Lipinski definition) is 0. The summed E-state index contributed by atoms with van der Waals surface area (Å²) in [6.45, 7) is 3.20. The van der Waals surface area contributed by atoms with Crippen LogP contribution >= 0.6 is 0 Å². The smallest absolute Gasteiger partial charge is 0.161 e. The average molecular weight is 340 g/mol. The zero-order valence-electron chi connectivity index (χ0n) is 14.7. The second kappa shape index (κ2) is 10.2. The van der Waals surface area contributed by atoms with Gasteiger partial charge in [0.25, 0.3) is 0 Å². The van der Waals surface area contributed by atoms with E-state index in [0.29, 0.717) is 18.8 Å². The third kappa shape index (κ3) is 5.99. The van der Waals surface area contributed by atoms with Crippen molar-refractivity contribution in [3.8, 4) is 17.2 Å². The van der Waals surface area contributed by atoms with E-state index in [-0.39, 0.29) is 0 Å². The van der Waals surface area contributed by atoms with E-state index >= 15 is 0 Å². The van der Waals surface area contributed by atoms with Crippen LogP contribution in [-0.4, -0.2) is 26.6 Å². The summed E-state index contributed by atoms with van der Waals surface area (Å²) in [4.78, 5) is 10.6. The van der Waals surface area contributed by atoms with Crippen LogP contribution in [0.15, 0.2) is 48.5 Å². The molecule has 0 amide bonds. The van der Waals surface area contributed by atoms with Crippen LogP contribution in [-0.2, 0) is 0 Å². The van der Waals surface area contributed by atoms with Gasteiger partial charge in [-0.3, -0.25) is 4.79 Å². The van der Waals surface area contributed by atoms with E-state index < -0.39 is 0 Å². The number of aldehydes is 1. The Bertz CT molecular complexity index is 690. The van der Waals surface area contributed by atoms with Crippen LogP contribution in [0, 0.1) is 0 Å². The van der Waals surface area contributed by atoms with Crippen molar-refractivity contribution in [2.24, 2.45) is 0 Å². The highest BCUT2D eigenvalue weighted by Gasteiger charge is 2.04. The monoisotopic (exact) mass is 340 g/mol. The molecule has 132 valence electrons. The van der Waals surface area contributed by atoms with Crippen LogP contribution in [0.3, 0.4) is 0 Å². The molecular formula is C21H24O4. The molecule has 2 aromatic rings. The van der Waals surface area contributed by atoms with E-state index in [1.165, 1.54) is 0 Å². The molecule has 4 nitrogen and oxygen atoms in total. The molecule has 25 heavy (non-hydrogen) atoms. The first-order valence-electron chi connectivity index (χ1n) is 8.38. The zero-order valence-corrected chi connectivity index (χ0v) is 14.7. The van der Waals surface area contributed by atoms with Crippen LogP contribution < -0.4 is 14.2 Å². The van der Waals surface area contributed by atoms with Crippen molar-refractivity contribution >= 4 is 12.4 Å². The predicted molar refractivity (Wildman–Crippen MR) is 99.8 cm³/mol. The fourth-order valence-corrected chi connectivity index (χ4v) is 2.32. The minimum absolute atomic E-state index is 0.604. The van der Waals surface area contributed by atoms with Gasteiger partial charge in [0.1, 0.15) is 12.0 Å². The Labute approximate surface area is 149 Å². The fraction of sp³-hybridized carbons (Fsp3) is 0.286. The topological polar surface area (TPSA) is 44.8 Å². The van der Waals surface area contributed by atoms with Crippen molar-refractivity contribution in [2.75, 3.05) is 20.3 Å². The number of unbranched alkanes of at least 4 members (excludes halogenated alkanes) is 1. The van der Waals surface area contributed by atoms with E-state index in [9.17, 15) is 4.79 Å². The first kappa shape index (κ1) is 18.6. The molecule has 0 unspecified atom stereocenters. The molecule has 0 radical (unpaired) electrons. The van der Waals surface area contributed by atoms with Crippen molar-refractivity contribution in [1.29, 1.82) is 0 Å². The number of carbonyl (C=O) groups is 1. The molecule has 0 spiro atoms. The minimum atomic E-state index is 0.604. The number of carbonyl (C=O) groups excluding carboxylic acids is 1. The molecule has 0 N–H and O–H groups in total. The van der Waals surface area contributed by atoms with Gasteiger partial charge < -0.3 is 14.2 Å². The summed E-state index contributed by atoms with van der Waals surface area (Å²) in [6, 6.07) is 13.0. The third-order valence-corrected chi connectivity index (χ3v) is 3.63. The standard InChI is InChI=1S/C21H24O4/c1-3-6-17-9-12-20(21(15-17)23-2)25-14-5-4-13-24-19-10-7-18(16-22)8-11-19/h3,6-12,15-16H,4-5,13-14H2,1-2H3/b6-3+. The molecule has 0 aliphatic heterocycles. The molecule has 0 aliphatic rings. The summed E-state index contributed by atoms with van der Waals surface area (Å²) in [5.41, 5.74) is 1.73. The van der Waals surface area contributed by atoms with Crippen LogP contribution in [0.5, 0.6) is 17.2 Å². The predicted octanol–water partition coefficient (Wildman–Crippen LogP) is 4.78. The lowest BCUT2D eigenvalue weighted by Gasteiger charge is -2.11. The molecule has 0 atom stereocenters. The fourth-order valence-electron chi connectivity index (χ4n) is 2.32. The molecule has 0 saturated carbocycles. The first-order chi connectivity index (χ1) is 12.3. The zero-order chi connectivity index (χ0) is 17.9. The van der Waals surface area contributed by atoms with Crippen molar-refractivity contribution in [3.63, 3.8) is 0 Å². The second-order valence-electron chi connectivity index (χ2n) is 5.50. The highest BCUT2D eigenvalue weighted by molar-refractivity contribution is 5.74. The molecule has 0 heterocycles. The Morgan fingerprint density at radius 2 is 1.56 bits per heavy atom. The maximum Gasteiger partial charge on any atom is 0.161 e. The van der Waals surface area contributed by atoms with Crippen LogP contribution in [0.25, 0.3) is 6.08 Å². The van der Waals surface area contributed by atoms with E-state index in [2.05, 4.69) is 0 Å². The number of rotatable bonds is 10. The Kier molecular flexibility index (Phi) is 7.57. The number of methoxy groups -OCH3 is 1. The van der Waals surface area contributed by atoms with Crippen molar-refractivity contribution in [1.82, 2.24) is 0 Å². The summed E-state index contributed by atoms with van der Waals surface area (Å²) < 4.78 is 16.8. The SMILES string of the molecule is C/C=C/c1ccc(OCCCCOc2ccc(C=O)cc2)c(OC)c1. The summed E-state index contributed by atoms with van der Waals surface area (Å²) >= 11 is 0. The van der Waals surface area contributed by atoms with E-state index in [1.54, 1.807) is 31.4 Å². The first-order valence-corrected chi connectivity index (χ1v) is 8.38. The maximum absolute atomic E-state index is 10.6. The molecule has 0 aliphatic carbocycles. The van der Waals surface area contributed by atoms with Gasteiger partial charge in [-0.05, 0) is 61.7 Å². The molecule has 0 fully saturated rings. The van der Waals surface area contributed by atoms with Gasteiger partial charge >= 0.3 is 0 Å². The summed E-state index contributed by atoms with van der Waals surface area (Å²) in [6.07, 6.45) is 6.59. The molecule has 2 aromatic carbocycles. The number of hydrogen-bond acceptors (Lipinski definition) is 4. The molecule has 0 aromatic heterocycles. The van der Waals surface area contributed by atoms with Crippen molar-refractivity contribution < 1.29 is 19.0 Å². The van der Waals surface area contributed by atoms with Gasteiger partial charge in [-0.25, -0.2) is 0 Å². The Morgan fingerprint density at radius 1 is 0.880 bits per heavy atom. The number of benzene rings is 2. The van der Waals surface area contributed by atoms with Gasteiger partial charge in [-0.2, -0.15) is 0 Å². The van der Waals surface area contributed by atoms with Gasteiger partial charge in [-0.15, -0.1) is 0 Å². The van der Waals surface area contributed by atoms with Gasteiger partial charge in [0.2, 0.25) is 0 Å². The summed E-state index contributed by atoms with van der Waals surface area (Å²) in [7, 11) is 1.64. The van der Waals surface area contributed by atoms with Crippen LogP contribution in [0.1, 0.15) is 35.7 Å². The maximum atomic E-state index is 10.6. The molecule has 0 bridgehead atoms. The number of ether oxygens (including phenoxy) is 3. The van der Waals surface area contributed by atoms with Gasteiger partial charge in [0.05, 0.1) is 20.3 Å². The summed E-state index contributed by atoms with van der Waals surface area (Å²) in [5, 5.41) is 0.